The minimum Gasteiger partial charge on any atom is -0.352 e. The Morgan fingerprint density at radius 2 is 2.60 bits per heavy atom. The van der Waals surface area contributed by atoms with Crippen LogP contribution in [0.2, 0.25) is 0 Å². The summed E-state index contributed by atoms with van der Waals surface area (Å²) in [7, 11) is 0. The van der Waals surface area contributed by atoms with Gasteiger partial charge in [-0.3, -0.25) is 5.41 Å². The molecule has 0 aliphatic carbocycles. The van der Waals surface area contributed by atoms with E-state index in [9.17, 15) is 0 Å². The molecule has 0 spiro atoms. The molecule has 1 heterocycles. The van der Waals surface area contributed by atoms with Crippen molar-refractivity contribution in [1.29, 1.82) is 0 Å². The van der Waals surface area contributed by atoms with Crippen molar-refractivity contribution in [2.75, 3.05) is 5.32 Å². The summed E-state index contributed by atoms with van der Waals surface area (Å²) in [5.41, 5.74) is 2.50. The fourth-order valence-electron chi connectivity index (χ4n) is 0.574. The Labute approximate surface area is 62.9 Å². The molecule has 0 aliphatic rings. The van der Waals surface area contributed by atoms with Crippen LogP contribution in [0, 0.1) is 0 Å². The van der Waals surface area contributed by atoms with E-state index in [0.29, 0.717) is 0 Å². The van der Waals surface area contributed by atoms with Gasteiger partial charge < -0.3 is 5.32 Å². The number of hydrogen-bond donors (Lipinski definition) is 2. The molecule has 1 aromatic heterocycles. The highest BCUT2D eigenvalue weighted by molar-refractivity contribution is 7.14. The lowest BCUT2D eigenvalue weighted by molar-refractivity contribution is -0.104. The predicted molar refractivity (Wildman–Crippen MR) is 43.0 cm³/mol. The second-order valence-corrected chi connectivity index (χ2v) is 2.44. The zero-order valence-corrected chi connectivity index (χ0v) is 6.19. The normalized spacial score (nSPS) is 8.80. The average Bonchev–Trinajstić information content (AvgIpc) is 2.36. The largest absolute Gasteiger partial charge is 0.352 e. The van der Waals surface area contributed by atoms with Crippen molar-refractivity contribution in [3.8, 4) is 0 Å². The first-order valence-electron chi connectivity index (χ1n) is 2.74. The lowest BCUT2D eigenvalue weighted by Gasteiger charge is -1.91. The molecule has 0 radical (unpaired) electrons. The standard InChI is InChI=1S/C6H7N3S/c1-2-8-6-5(3-7)9-4-10-6/h2-4,7-8H,1H2/p+1. The third-order valence-electron chi connectivity index (χ3n) is 0.986. The number of nitrogens with two attached hydrogens (primary N) is 1. The molecular weight excluding hydrogens is 146 g/mol. The predicted octanol–water partition coefficient (Wildman–Crippen LogP) is -0.124. The van der Waals surface area contributed by atoms with Crippen LogP contribution in [0.4, 0.5) is 5.00 Å². The van der Waals surface area contributed by atoms with Crippen molar-refractivity contribution >= 4 is 22.6 Å². The van der Waals surface area contributed by atoms with Gasteiger partial charge in [-0.25, -0.2) is 4.98 Å². The molecule has 3 nitrogen and oxygen atoms in total. The first kappa shape index (κ1) is 6.95. The van der Waals surface area contributed by atoms with Gasteiger partial charge in [-0.2, -0.15) is 0 Å². The molecule has 0 bridgehead atoms. The van der Waals surface area contributed by atoms with E-state index in [1.807, 2.05) is 0 Å². The Balaban J connectivity index is 2.89. The van der Waals surface area contributed by atoms with Crippen LogP contribution in [-0.2, 0) is 0 Å². The van der Waals surface area contributed by atoms with Gasteiger partial charge in [-0.1, -0.05) is 6.58 Å². The maximum atomic E-state index is 5.27. The summed E-state index contributed by atoms with van der Waals surface area (Å²) in [5, 5.41) is 9.11. The lowest BCUT2D eigenvalue weighted by atomic mass is 10.5. The van der Waals surface area contributed by atoms with E-state index in [-0.39, 0.29) is 0 Å². The van der Waals surface area contributed by atoms with E-state index in [1.165, 1.54) is 17.6 Å². The smallest absolute Gasteiger partial charge is 0.189 e. The van der Waals surface area contributed by atoms with Gasteiger partial charge in [-0.15, -0.1) is 11.3 Å². The molecular formula is C6H8N3S+. The fraction of sp³-hybridized carbons (Fsp3) is 0. The zero-order chi connectivity index (χ0) is 7.40. The molecule has 4 heteroatoms. The number of hydrogen-bond acceptors (Lipinski definition) is 3. The van der Waals surface area contributed by atoms with Gasteiger partial charge in [0, 0.05) is 0 Å². The molecule has 0 aromatic carbocycles. The van der Waals surface area contributed by atoms with Crippen LogP contribution >= 0.6 is 11.3 Å². The molecule has 0 atom stereocenters. The zero-order valence-electron chi connectivity index (χ0n) is 5.37. The summed E-state index contributed by atoms with van der Waals surface area (Å²) in [5.74, 6) is 0. The van der Waals surface area contributed by atoms with Crippen LogP contribution in [0.15, 0.2) is 18.3 Å². The topological polar surface area (TPSA) is 50.5 Å². The van der Waals surface area contributed by atoms with Gasteiger partial charge >= 0.3 is 0 Å². The van der Waals surface area contributed by atoms with E-state index in [2.05, 4.69) is 16.9 Å². The number of nitrogens with zero attached hydrogens (tertiary/aromatic N) is 1. The third kappa shape index (κ3) is 1.22. The summed E-state index contributed by atoms with van der Waals surface area (Å²) in [6.45, 7) is 3.52. The van der Waals surface area contributed by atoms with Crippen LogP contribution in [-0.4, -0.2) is 11.2 Å². The first-order chi connectivity index (χ1) is 4.88. The molecule has 0 saturated carbocycles. The molecule has 0 amide bonds. The fourth-order valence-corrected chi connectivity index (χ4v) is 1.24. The molecule has 0 saturated heterocycles. The number of anilines is 1. The summed E-state index contributed by atoms with van der Waals surface area (Å²) in [6.07, 6.45) is 3.06. The summed E-state index contributed by atoms with van der Waals surface area (Å²) >= 11 is 1.49. The molecule has 1 aromatic rings. The second-order valence-electron chi connectivity index (χ2n) is 1.58. The SMILES string of the molecule is C=CNc1scnc1C=[NH2+]. The van der Waals surface area contributed by atoms with E-state index < -0.39 is 0 Å². The Morgan fingerprint density at radius 1 is 1.80 bits per heavy atom. The minimum atomic E-state index is 0.768. The molecule has 3 N–H and O–H groups in total. The number of nitrogens with one attached hydrogen (secondary N) is 1. The third-order valence-corrected chi connectivity index (χ3v) is 1.76. The van der Waals surface area contributed by atoms with E-state index >= 15 is 0 Å². The molecule has 10 heavy (non-hydrogen) atoms. The minimum absolute atomic E-state index is 0.768. The molecule has 0 unspecified atom stereocenters. The van der Waals surface area contributed by atoms with E-state index in [1.54, 1.807) is 11.7 Å². The highest BCUT2D eigenvalue weighted by atomic mass is 32.1. The van der Waals surface area contributed by atoms with Crippen molar-refractivity contribution < 1.29 is 5.41 Å². The summed E-state index contributed by atoms with van der Waals surface area (Å²) in [4.78, 5) is 3.98. The molecule has 52 valence electrons. The summed E-state index contributed by atoms with van der Waals surface area (Å²) < 4.78 is 0. The van der Waals surface area contributed by atoms with Gasteiger partial charge in [0.25, 0.3) is 0 Å². The average molecular weight is 154 g/mol. The van der Waals surface area contributed by atoms with Crippen molar-refractivity contribution in [1.82, 2.24) is 4.98 Å². The summed E-state index contributed by atoms with van der Waals surface area (Å²) in [6, 6.07) is 0. The lowest BCUT2D eigenvalue weighted by Crippen LogP contribution is -2.30. The van der Waals surface area contributed by atoms with Crippen molar-refractivity contribution in [3.05, 3.63) is 24.0 Å². The van der Waals surface area contributed by atoms with Crippen LogP contribution in [0.25, 0.3) is 0 Å². The molecule has 1 rings (SSSR count). The monoisotopic (exact) mass is 154 g/mol. The highest BCUT2D eigenvalue weighted by Crippen LogP contribution is 2.16. The van der Waals surface area contributed by atoms with Gasteiger partial charge in [-0.05, 0) is 6.20 Å². The molecule has 0 fully saturated rings. The Bertz CT molecular complexity index is 241. The van der Waals surface area contributed by atoms with Gasteiger partial charge in [0.2, 0.25) is 0 Å². The van der Waals surface area contributed by atoms with Crippen LogP contribution in [0.3, 0.4) is 0 Å². The quantitative estimate of drug-likeness (QED) is 0.596. The van der Waals surface area contributed by atoms with Crippen molar-refractivity contribution in [2.45, 2.75) is 0 Å². The van der Waals surface area contributed by atoms with Gasteiger partial charge in [0.1, 0.15) is 5.00 Å². The van der Waals surface area contributed by atoms with Crippen LogP contribution < -0.4 is 10.7 Å². The Morgan fingerprint density at radius 3 is 3.20 bits per heavy atom. The first-order valence-corrected chi connectivity index (χ1v) is 3.62. The molecule has 0 aliphatic heterocycles. The second kappa shape index (κ2) is 3.12. The number of thiazole rings is 1. The van der Waals surface area contributed by atoms with Crippen LogP contribution in [0.1, 0.15) is 5.69 Å². The van der Waals surface area contributed by atoms with E-state index in [0.717, 1.165) is 10.7 Å². The number of rotatable bonds is 3. The maximum absolute atomic E-state index is 5.27. The maximum Gasteiger partial charge on any atom is 0.189 e. The van der Waals surface area contributed by atoms with Crippen molar-refractivity contribution in [2.24, 2.45) is 0 Å². The highest BCUT2D eigenvalue weighted by Gasteiger charge is 2.01. The van der Waals surface area contributed by atoms with Gasteiger partial charge in [0.15, 0.2) is 11.9 Å². The Hall–Kier alpha value is -1.16. The number of aromatic nitrogens is 1. The van der Waals surface area contributed by atoms with Crippen LogP contribution in [0.5, 0.6) is 0 Å². The van der Waals surface area contributed by atoms with Gasteiger partial charge in [0.05, 0.1) is 5.51 Å². The van der Waals surface area contributed by atoms with Crippen molar-refractivity contribution in [3.63, 3.8) is 0 Å². The Kier molecular flexibility index (Phi) is 2.17. The van der Waals surface area contributed by atoms with E-state index in [4.69, 9.17) is 5.41 Å².